The van der Waals surface area contributed by atoms with Crippen molar-refractivity contribution in [3.63, 3.8) is 0 Å². The number of hydrogen-bond acceptors (Lipinski definition) is 7. The summed E-state index contributed by atoms with van der Waals surface area (Å²) in [7, 11) is -3.48. The Labute approximate surface area is 186 Å². The lowest BCUT2D eigenvalue weighted by Crippen LogP contribution is -2.16. The molecule has 0 spiro atoms. The molecule has 0 aliphatic carbocycles. The highest BCUT2D eigenvalue weighted by molar-refractivity contribution is 7.92. The van der Waals surface area contributed by atoms with Crippen molar-refractivity contribution in [2.24, 2.45) is 5.10 Å². The van der Waals surface area contributed by atoms with E-state index in [1.807, 2.05) is 37.3 Å². The van der Waals surface area contributed by atoms with Crippen LogP contribution in [0.4, 0.5) is 17.3 Å². The summed E-state index contributed by atoms with van der Waals surface area (Å²) in [4.78, 5) is 4.76. The molecule has 9 heteroatoms. The van der Waals surface area contributed by atoms with E-state index >= 15 is 0 Å². The van der Waals surface area contributed by atoms with Gasteiger partial charge in [-0.25, -0.2) is 13.4 Å². The maximum absolute atomic E-state index is 12.8. The van der Waals surface area contributed by atoms with Crippen molar-refractivity contribution in [1.29, 1.82) is 0 Å². The monoisotopic (exact) mass is 448 g/mol. The Hall–Kier alpha value is -3.72. The summed E-state index contributed by atoms with van der Waals surface area (Å²) in [6.07, 6.45) is 1.63. The SMILES string of the molecule is C/C(=N\Nc1cc(Nc2ccccc2S(=O)(=O)C(C)C)n2nccc2n1)c1ccccc1. The Morgan fingerprint density at radius 1 is 1.03 bits per heavy atom. The van der Waals surface area contributed by atoms with Crippen molar-refractivity contribution in [2.45, 2.75) is 30.9 Å². The van der Waals surface area contributed by atoms with Crippen molar-refractivity contribution in [1.82, 2.24) is 14.6 Å². The van der Waals surface area contributed by atoms with Gasteiger partial charge >= 0.3 is 0 Å². The number of nitrogens with zero attached hydrogens (tertiary/aromatic N) is 4. The summed E-state index contributed by atoms with van der Waals surface area (Å²) >= 11 is 0. The minimum Gasteiger partial charge on any atom is -0.339 e. The smallest absolute Gasteiger partial charge is 0.182 e. The second kappa shape index (κ2) is 8.80. The summed E-state index contributed by atoms with van der Waals surface area (Å²) in [5.74, 6) is 1.06. The molecule has 0 radical (unpaired) electrons. The van der Waals surface area contributed by atoms with Crippen LogP contribution in [0.5, 0.6) is 0 Å². The van der Waals surface area contributed by atoms with Gasteiger partial charge in [0, 0.05) is 12.1 Å². The number of hydrogen-bond donors (Lipinski definition) is 2. The minimum atomic E-state index is -3.48. The summed E-state index contributed by atoms with van der Waals surface area (Å²) in [6.45, 7) is 5.24. The molecule has 0 amide bonds. The molecule has 0 aliphatic heterocycles. The number of nitrogens with one attached hydrogen (secondary N) is 2. The first-order chi connectivity index (χ1) is 15.4. The van der Waals surface area contributed by atoms with Gasteiger partial charge in [0.05, 0.1) is 27.7 Å². The number of sulfone groups is 1. The summed E-state index contributed by atoms with van der Waals surface area (Å²) in [5, 5.41) is 11.4. The fourth-order valence-corrected chi connectivity index (χ4v) is 4.36. The first-order valence-electron chi connectivity index (χ1n) is 10.2. The molecule has 164 valence electrons. The van der Waals surface area contributed by atoms with Gasteiger partial charge in [-0.2, -0.15) is 14.7 Å². The highest BCUT2D eigenvalue weighted by atomic mass is 32.2. The molecule has 8 nitrogen and oxygen atoms in total. The van der Waals surface area contributed by atoms with E-state index in [2.05, 4.69) is 25.9 Å². The highest BCUT2D eigenvalue weighted by Crippen LogP contribution is 2.28. The quantitative estimate of drug-likeness (QED) is 0.319. The molecule has 32 heavy (non-hydrogen) atoms. The van der Waals surface area contributed by atoms with Crippen molar-refractivity contribution < 1.29 is 8.42 Å². The van der Waals surface area contributed by atoms with Gasteiger partial charge < -0.3 is 5.32 Å². The molecule has 0 saturated carbocycles. The number of hydrazone groups is 1. The Morgan fingerprint density at radius 3 is 2.50 bits per heavy atom. The number of rotatable bonds is 7. The topological polar surface area (TPSA) is 101 Å². The zero-order valence-electron chi connectivity index (χ0n) is 18.0. The van der Waals surface area contributed by atoms with Gasteiger partial charge in [0.25, 0.3) is 0 Å². The molecule has 0 fully saturated rings. The van der Waals surface area contributed by atoms with Gasteiger partial charge in [-0.3, -0.25) is 5.43 Å². The Bertz CT molecular complexity index is 1380. The number of anilines is 3. The standard InChI is InChI=1S/C23H24N6O2S/c1-16(2)32(30,31)20-12-8-7-11-19(20)25-23-15-21(26-22-13-14-24-29(22)23)28-27-17(3)18-9-5-4-6-10-18/h4-16,25H,1-3H3,(H,26,28)/b27-17+. The summed E-state index contributed by atoms with van der Waals surface area (Å²) in [6, 6.07) is 20.2. The predicted molar refractivity (Wildman–Crippen MR) is 127 cm³/mol. The second-order valence-electron chi connectivity index (χ2n) is 7.52. The Balaban J connectivity index is 1.70. The third-order valence-electron chi connectivity index (χ3n) is 4.97. The first-order valence-corrected chi connectivity index (χ1v) is 11.7. The van der Waals surface area contributed by atoms with E-state index in [-0.39, 0.29) is 4.90 Å². The summed E-state index contributed by atoms with van der Waals surface area (Å²) < 4.78 is 27.3. The minimum absolute atomic E-state index is 0.236. The number of fused-ring (bicyclic) bond motifs is 1. The highest BCUT2D eigenvalue weighted by Gasteiger charge is 2.23. The fraction of sp³-hybridized carbons (Fsp3) is 0.174. The van der Waals surface area contributed by atoms with Crippen LogP contribution in [-0.2, 0) is 9.84 Å². The van der Waals surface area contributed by atoms with Gasteiger partial charge in [0.15, 0.2) is 21.3 Å². The Kier molecular flexibility index (Phi) is 5.91. The van der Waals surface area contributed by atoms with E-state index < -0.39 is 15.1 Å². The van der Waals surface area contributed by atoms with Crippen molar-refractivity contribution >= 4 is 38.5 Å². The van der Waals surface area contributed by atoms with Gasteiger partial charge in [-0.15, -0.1) is 0 Å². The molecule has 2 N–H and O–H groups in total. The molecule has 0 bridgehead atoms. The predicted octanol–water partition coefficient (Wildman–Crippen LogP) is 4.49. The number of aromatic nitrogens is 3. The van der Waals surface area contributed by atoms with Crippen LogP contribution in [0.3, 0.4) is 0 Å². The van der Waals surface area contributed by atoms with E-state index in [0.717, 1.165) is 11.3 Å². The van der Waals surface area contributed by atoms with Gasteiger partial charge in [-0.1, -0.05) is 42.5 Å². The van der Waals surface area contributed by atoms with Gasteiger partial charge in [0.2, 0.25) is 0 Å². The van der Waals surface area contributed by atoms with E-state index in [4.69, 9.17) is 0 Å². The molecular formula is C23H24N6O2S. The van der Waals surface area contributed by atoms with E-state index in [1.165, 1.54) is 0 Å². The van der Waals surface area contributed by atoms with Crippen molar-refractivity contribution in [3.8, 4) is 0 Å². The molecule has 4 rings (SSSR count). The fourth-order valence-electron chi connectivity index (χ4n) is 3.15. The molecule has 4 aromatic rings. The van der Waals surface area contributed by atoms with Crippen LogP contribution in [0.2, 0.25) is 0 Å². The normalized spacial score (nSPS) is 12.3. The third-order valence-corrected chi connectivity index (χ3v) is 7.18. The van der Waals surface area contributed by atoms with Crippen molar-refractivity contribution in [3.05, 3.63) is 78.5 Å². The van der Waals surface area contributed by atoms with Crippen LogP contribution in [-0.4, -0.2) is 34.0 Å². The van der Waals surface area contributed by atoms with E-state index in [0.29, 0.717) is 23.0 Å². The average molecular weight is 449 g/mol. The molecule has 0 aliphatic rings. The summed E-state index contributed by atoms with van der Waals surface area (Å²) in [5.41, 5.74) is 5.86. The van der Waals surface area contributed by atoms with E-state index in [9.17, 15) is 8.42 Å². The van der Waals surface area contributed by atoms with Crippen LogP contribution in [0.15, 0.2) is 82.9 Å². The van der Waals surface area contributed by atoms with Gasteiger partial charge in [0.1, 0.15) is 5.82 Å². The largest absolute Gasteiger partial charge is 0.339 e. The number of para-hydroxylation sites is 1. The first kappa shape index (κ1) is 21.5. The van der Waals surface area contributed by atoms with Crippen LogP contribution < -0.4 is 10.7 Å². The molecule has 0 atom stereocenters. The lowest BCUT2D eigenvalue weighted by Gasteiger charge is -2.15. The molecule has 2 aromatic carbocycles. The van der Waals surface area contributed by atoms with Crippen LogP contribution in [0, 0.1) is 0 Å². The van der Waals surface area contributed by atoms with Crippen LogP contribution >= 0.6 is 0 Å². The number of benzene rings is 2. The maximum Gasteiger partial charge on any atom is 0.182 e. The van der Waals surface area contributed by atoms with Crippen molar-refractivity contribution in [2.75, 3.05) is 10.7 Å². The maximum atomic E-state index is 12.8. The van der Waals surface area contributed by atoms with Crippen LogP contribution in [0.25, 0.3) is 5.65 Å². The zero-order chi connectivity index (χ0) is 22.7. The zero-order valence-corrected chi connectivity index (χ0v) is 18.8. The van der Waals surface area contributed by atoms with Crippen LogP contribution in [0.1, 0.15) is 26.3 Å². The molecule has 2 heterocycles. The molecule has 0 saturated heterocycles. The third kappa shape index (κ3) is 4.33. The lowest BCUT2D eigenvalue weighted by molar-refractivity contribution is 0.588. The molecule has 2 aromatic heterocycles. The lowest BCUT2D eigenvalue weighted by atomic mass is 10.1. The molecular weight excluding hydrogens is 424 g/mol. The second-order valence-corrected chi connectivity index (χ2v) is 9.99. The van der Waals surface area contributed by atoms with Gasteiger partial charge in [-0.05, 0) is 38.5 Å². The average Bonchev–Trinajstić information content (AvgIpc) is 3.27. The molecule has 0 unspecified atom stereocenters. The Morgan fingerprint density at radius 2 is 1.75 bits per heavy atom. The van der Waals surface area contributed by atoms with E-state index in [1.54, 1.807) is 61.0 Å².